The number of aryl methyl sites for hydroxylation is 3. The average Bonchev–Trinajstić information content (AvgIpc) is 2.77. The van der Waals surface area contributed by atoms with Crippen molar-refractivity contribution in [2.45, 2.75) is 46.1 Å². The van der Waals surface area contributed by atoms with E-state index in [1.54, 1.807) is 0 Å². The summed E-state index contributed by atoms with van der Waals surface area (Å²) in [5.41, 5.74) is 5.07. The zero-order chi connectivity index (χ0) is 13.7. The van der Waals surface area contributed by atoms with E-state index in [9.17, 15) is 0 Å². The van der Waals surface area contributed by atoms with E-state index in [0.29, 0.717) is 0 Å². The number of nitrogens with one attached hydrogen (secondary N) is 1. The maximum atomic E-state index is 4.50. The standard InChI is InChI=1S/C16H25N3/c1-13-10-15-16(11-14(13)2)19(12-18-15)9-7-5-4-6-8-17-3/h10-12,17H,4-9H2,1-3H3. The van der Waals surface area contributed by atoms with Crippen LogP contribution in [0.3, 0.4) is 0 Å². The van der Waals surface area contributed by atoms with Crippen molar-refractivity contribution in [3.8, 4) is 0 Å². The van der Waals surface area contributed by atoms with Gasteiger partial charge in [0.1, 0.15) is 0 Å². The first-order valence-electron chi connectivity index (χ1n) is 7.29. The van der Waals surface area contributed by atoms with E-state index >= 15 is 0 Å². The van der Waals surface area contributed by atoms with E-state index in [2.05, 4.69) is 40.8 Å². The third-order valence-corrected chi connectivity index (χ3v) is 3.81. The van der Waals surface area contributed by atoms with Gasteiger partial charge in [-0.05, 0) is 63.5 Å². The van der Waals surface area contributed by atoms with Crippen molar-refractivity contribution in [1.82, 2.24) is 14.9 Å². The van der Waals surface area contributed by atoms with Gasteiger partial charge < -0.3 is 9.88 Å². The van der Waals surface area contributed by atoms with Gasteiger partial charge in [0.25, 0.3) is 0 Å². The summed E-state index contributed by atoms with van der Waals surface area (Å²) >= 11 is 0. The van der Waals surface area contributed by atoms with Crippen molar-refractivity contribution in [3.63, 3.8) is 0 Å². The molecule has 2 aromatic rings. The second-order valence-electron chi connectivity index (χ2n) is 5.38. The summed E-state index contributed by atoms with van der Waals surface area (Å²) in [7, 11) is 2.02. The molecule has 0 aliphatic heterocycles. The molecule has 0 fully saturated rings. The van der Waals surface area contributed by atoms with Gasteiger partial charge in [0.2, 0.25) is 0 Å². The largest absolute Gasteiger partial charge is 0.331 e. The second kappa shape index (κ2) is 6.71. The lowest BCUT2D eigenvalue weighted by atomic mass is 10.1. The van der Waals surface area contributed by atoms with Crippen LogP contribution in [0.1, 0.15) is 36.8 Å². The number of hydrogen-bond acceptors (Lipinski definition) is 2. The lowest BCUT2D eigenvalue weighted by Crippen LogP contribution is -2.07. The number of imidazole rings is 1. The van der Waals surface area contributed by atoms with Gasteiger partial charge in [-0.2, -0.15) is 0 Å². The second-order valence-corrected chi connectivity index (χ2v) is 5.38. The van der Waals surface area contributed by atoms with Gasteiger partial charge in [0.15, 0.2) is 0 Å². The zero-order valence-corrected chi connectivity index (χ0v) is 12.4. The van der Waals surface area contributed by atoms with E-state index in [0.717, 1.165) is 18.6 Å². The summed E-state index contributed by atoms with van der Waals surface area (Å²) in [6, 6.07) is 4.45. The van der Waals surface area contributed by atoms with Crippen LogP contribution in [0.2, 0.25) is 0 Å². The lowest BCUT2D eigenvalue weighted by molar-refractivity contribution is 0.569. The van der Waals surface area contributed by atoms with Crippen LogP contribution in [0.4, 0.5) is 0 Å². The molecule has 3 heteroatoms. The topological polar surface area (TPSA) is 29.9 Å². The zero-order valence-electron chi connectivity index (χ0n) is 12.4. The Morgan fingerprint density at radius 1 is 1.05 bits per heavy atom. The lowest BCUT2D eigenvalue weighted by Gasteiger charge is -2.06. The molecule has 0 amide bonds. The van der Waals surface area contributed by atoms with E-state index in [1.165, 1.54) is 42.3 Å². The van der Waals surface area contributed by atoms with Gasteiger partial charge in [-0.1, -0.05) is 12.8 Å². The molecule has 0 radical (unpaired) electrons. The monoisotopic (exact) mass is 259 g/mol. The minimum atomic E-state index is 1.08. The van der Waals surface area contributed by atoms with E-state index in [4.69, 9.17) is 0 Å². The summed E-state index contributed by atoms with van der Waals surface area (Å²) in [6.07, 6.45) is 7.11. The molecule has 3 nitrogen and oxygen atoms in total. The predicted octanol–water partition coefficient (Wildman–Crippen LogP) is 3.43. The maximum Gasteiger partial charge on any atom is 0.0958 e. The van der Waals surface area contributed by atoms with Crippen LogP contribution in [-0.4, -0.2) is 23.1 Å². The molecule has 0 bridgehead atoms. The van der Waals surface area contributed by atoms with Gasteiger partial charge in [-0.25, -0.2) is 4.98 Å². The van der Waals surface area contributed by atoms with E-state index < -0.39 is 0 Å². The molecular weight excluding hydrogens is 234 g/mol. The molecule has 2 rings (SSSR count). The molecule has 0 aliphatic carbocycles. The van der Waals surface area contributed by atoms with Crippen LogP contribution >= 0.6 is 0 Å². The highest BCUT2D eigenvalue weighted by atomic mass is 15.0. The minimum Gasteiger partial charge on any atom is -0.331 e. The Balaban J connectivity index is 1.92. The Bertz CT molecular complexity index is 528. The molecule has 1 heterocycles. The van der Waals surface area contributed by atoms with E-state index in [-0.39, 0.29) is 0 Å². The van der Waals surface area contributed by atoms with Crippen molar-refractivity contribution in [2.24, 2.45) is 0 Å². The van der Waals surface area contributed by atoms with Gasteiger partial charge in [0.05, 0.1) is 17.4 Å². The summed E-state index contributed by atoms with van der Waals surface area (Å²) in [6.45, 7) is 6.53. The molecule has 1 aromatic carbocycles. The Morgan fingerprint density at radius 3 is 2.58 bits per heavy atom. The maximum absolute atomic E-state index is 4.50. The van der Waals surface area contributed by atoms with Crippen molar-refractivity contribution >= 4 is 11.0 Å². The third kappa shape index (κ3) is 3.57. The first-order valence-corrected chi connectivity index (χ1v) is 7.29. The predicted molar refractivity (Wildman–Crippen MR) is 81.6 cm³/mol. The molecule has 0 saturated carbocycles. The Morgan fingerprint density at radius 2 is 1.79 bits per heavy atom. The van der Waals surface area contributed by atoms with Gasteiger partial charge in [0, 0.05) is 6.54 Å². The van der Waals surface area contributed by atoms with Crippen LogP contribution in [-0.2, 0) is 6.54 Å². The van der Waals surface area contributed by atoms with E-state index in [1.807, 2.05) is 13.4 Å². The molecule has 0 spiro atoms. The van der Waals surface area contributed by atoms with Gasteiger partial charge >= 0.3 is 0 Å². The molecule has 0 saturated heterocycles. The van der Waals surface area contributed by atoms with Crippen molar-refractivity contribution < 1.29 is 0 Å². The summed E-state index contributed by atoms with van der Waals surface area (Å²) in [4.78, 5) is 4.50. The highest BCUT2D eigenvalue weighted by molar-refractivity contribution is 5.77. The highest BCUT2D eigenvalue weighted by Gasteiger charge is 2.04. The first kappa shape index (κ1) is 14.1. The van der Waals surface area contributed by atoms with Crippen LogP contribution < -0.4 is 5.32 Å². The summed E-state index contributed by atoms with van der Waals surface area (Å²) in [5.74, 6) is 0. The first-order chi connectivity index (χ1) is 9.22. The van der Waals surface area contributed by atoms with Crippen molar-refractivity contribution in [1.29, 1.82) is 0 Å². The molecule has 1 N–H and O–H groups in total. The Labute approximate surface area is 116 Å². The minimum absolute atomic E-state index is 1.08. The molecular formula is C16H25N3. The molecule has 1 aromatic heterocycles. The Hall–Kier alpha value is -1.35. The summed E-state index contributed by atoms with van der Waals surface area (Å²) in [5, 5.41) is 3.19. The molecule has 0 aliphatic rings. The fourth-order valence-corrected chi connectivity index (χ4v) is 2.43. The quantitative estimate of drug-likeness (QED) is 0.772. The fraction of sp³-hybridized carbons (Fsp3) is 0.562. The number of unbranched alkanes of at least 4 members (excludes halogenated alkanes) is 3. The third-order valence-electron chi connectivity index (χ3n) is 3.81. The van der Waals surface area contributed by atoms with Crippen LogP contribution in [0.5, 0.6) is 0 Å². The smallest absolute Gasteiger partial charge is 0.0958 e. The number of benzene rings is 1. The summed E-state index contributed by atoms with van der Waals surface area (Å²) < 4.78 is 2.29. The molecule has 104 valence electrons. The van der Waals surface area contributed by atoms with Crippen LogP contribution in [0.25, 0.3) is 11.0 Å². The molecule has 0 atom stereocenters. The van der Waals surface area contributed by atoms with Crippen LogP contribution in [0, 0.1) is 13.8 Å². The number of nitrogens with zero attached hydrogens (tertiary/aromatic N) is 2. The van der Waals surface area contributed by atoms with Gasteiger partial charge in [-0.3, -0.25) is 0 Å². The Kier molecular flexibility index (Phi) is 4.97. The van der Waals surface area contributed by atoms with Gasteiger partial charge in [-0.15, -0.1) is 0 Å². The SMILES string of the molecule is CNCCCCCCn1cnc2cc(C)c(C)cc21. The normalized spacial score (nSPS) is 11.3. The number of hydrogen-bond donors (Lipinski definition) is 1. The van der Waals surface area contributed by atoms with Crippen molar-refractivity contribution in [3.05, 3.63) is 29.6 Å². The highest BCUT2D eigenvalue weighted by Crippen LogP contribution is 2.19. The molecule has 19 heavy (non-hydrogen) atoms. The van der Waals surface area contributed by atoms with Crippen molar-refractivity contribution in [2.75, 3.05) is 13.6 Å². The average molecular weight is 259 g/mol. The number of rotatable bonds is 7. The van der Waals surface area contributed by atoms with Crippen LogP contribution in [0.15, 0.2) is 18.5 Å². The number of fused-ring (bicyclic) bond motifs is 1. The number of aromatic nitrogens is 2. The molecule has 0 unspecified atom stereocenters. The fourth-order valence-electron chi connectivity index (χ4n) is 2.43.